The van der Waals surface area contributed by atoms with E-state index in [-0.39, 0.29) is 5.91 Å². The van der Waals surface area contributed by atoms with Gasteiger partial charge in [0.05, 0.1) is 15.9 Å². The molecule has 1 amide bonds. The standard InChI is InChI=1S/C19H20N6OS2/c1-12(25-17(23-24-19(25)27)15-8-5-11-28-15)18(26)20-10-4-9-16-21-13-6-2-3-7-14(13)22-16/h2-3,5-8,11-12H,4,9-10H2,1H3,(H,20,26)(H,21,22)(H,24,27). The molecule has 3 heterocycles. The number of para-hydroxylation sites is 2. The van der Waals surface area contributed by atoms with Gasteiger partial charge in [0.2, 0.25) is 5.91 Å². The maximum Gasteiger partial charge on any atom is 0.242 e. The first-order valence-corrected chi connectivity index (χ1v) is 10.3. The van der Waals surface area contributed by atoms with Gasteiger partial charge in [-0.1, -0.05) is 18.2 Å². The Morgan fingerprint density at radius 2 is 2.18 bits per heavy atom. The molecule has 0 saturated carbocycles. The Hall–Kier alpha value is -2.78. The first kappa shape index (κ1) is 18.6. The van der Waals surface area contributed by atoms with Gasteiger partial charge in [0.15, 0.2) is 10.6 Å². The molecule has 1 aromatic carbocycles. The van der Waals surface area contributed by atoms with Crippen LogP contribution in [0.4, 0.5) is 0 Å². The van der Waals surface area contributed by atoms with Crippen molar-refractivity contribution in [3.63, 3.8) is 0 Å². The van der Waals surface area contributed by atoms with Crippen molar-refractivity contribution in [2.45, 2.75) is 25.8 Å². The van der Waals surface area contributed by atoms with Gasteiger partial charge in [-0.15, -0.1) is 11.3 Å². The van der Waals surface area contributed by atoms with E-state index in [1.165, 1.54) is 0 Å². The van der Waals surface area contributed by atoms with Gasteiger partial charge < -0.3 is 10.3 Å². The average Bonchev–Trinajstić information content (AvgIpc) is 3.43. The van der Waals surface area contributed by atoms with E-state index < -0.39 is 6.04 Å². The van der Waals surface area contributed by atoms with Crippen LogP contribution in [0.1, 0.15) is 25.2 Å². The molecular weight excluding hydrogens is 392 g/mol. The number of carbonyl (C=O) groups excluding carboxylic acids is 1. The average molecular weight is 413 g/mol. The molecule has 4 rings (SSSR count). The van der Waals surface area contributed by atoms with Gasteiger partial charge in [-0.2, -0.15) is 5.10 Å². The number of aryl methyl sites for hydroxylation is 1. The number of H-pyrrole nitrogens is 2. The van der Waals surface area contributed by atoms with Crippen LogP contribution in [0, 0.1) is 4.77 Å². The molecule has 9 heteroatoms. The Labute approximate surface area is 170 Å². The molecule has 0 aliphatic rings. The third-order valence-electron chi connectivity index (χ3n) is 4.54. The van der Waals surface area contributed by atoms with Crippen LogP contribution in [-0.2, 0) is 11.2 Å². The number of fused-ring (bicyclic) bond motifs is 1. The summed E-state index contributed by atoms with van der Waals surface area (Å²) in [6.45, 7) is 2.40. The third kappa shape index (κ3) is 3.76. The van der Waals surface area contributed by atoms with Gasteiger partial charge in [-0.05, 0) is 49.1 Å². The zero-order chi connectivity index (χ0) is 19.5. The highest BCUT2D eigenvalue weighted by Crippen LogP contribution is 2.25. The van der Waals surface area contributed by atoms with Gasteiger partial charge in [-0.3, -0.25) is 14.5 Å². The van der Waals surface area contributed by atoms with Crippen molar-refractivity contribution in [1.29, 1.82) is 0 Å². The number of aromatic amines is 2. The van der Waals surface area contributed by atoms with Gasteiger partial charge in [0.25, 0.3) is 0 Å². The van der Waals surface area contributed by atoms with E-state index in [0.717, 1.165) is 34.6 Å². The smallest absolute Gasteiger partial charge is 0.242 e. The highest BCUT2D eigenvalue weighted by Gasteiger charge is 2.21. The summed E-state index contributed by atoms with van der Waals surface area (Å²) >= 11 is 6.89. The number of carbonyl (C=O) groups is 1. The fourth-order valence-corrected chi connectivity index (χ4v) is 4.10. The Balaban J connectivity index is 1.35. The van der Waals surface area contributed by atoms with E-state index in [9.17, 15) is 4.79 Å². The molecule has 0 bridgehead atoms. The van der Waals surface area contributed by atoms with Crippen molar-refractivity contribution >= 4 is 40.5 Å². The molecule has 7 nitrogen and oxygen atoms in total. The molecule has 0 saturated heterocycles. The predicted molar refractivity (Wildman–Crippen MR) is 113 cm³/mol. The lowest BCUT2D eigenvalue weighted by molar-refractivity contribution is -0.123. The highest BCUT2D eigenvalue weighted by molar-refractivity contribution is 7.71. The van der Waals surface area contributed by atoms with Crippen LogP contribution in [0.15, 0.2) is 41.8 Å². The van der Waals surface area contributed by atoms with Gasteiger partial charge in [0, 0.05) is 13.0 Å². The zero-order valence-corrected chi connectivity index (χ0v) is 16.9. The molecule has 0 fully saturated rings. The molecule has 3 N–H and O–H groups in total. The molecular formula is C19H20N6OS2. The number of thiophene rings is 1. The lowest BCUT2D eigenvalue weighted by Crippen LogP contribution is -2.32. The van der Waals surface area contributed by atoms with Crippen LogP contribution < -0.4 is 5.32 Å². The number of rotatable bonds is 7. The molecule has 28 heavy (non-hydrogen) atoms. The van der Waals surface area contributed by atoms with Crippen molar-refractivity contribution in [3.05, 3.63) is 52.4 Å². The number of benzene rings is 1. The minimum absolute atomic E-state index is 0.0834. The van der Waals surface area contributed by atoms with Crippen molar-refractivity contribution in [2.75, 3.05) is 6.54 Å². The van der Waals surface area contributed by atoms with E-state index in [2.05, 4.69) is 25.5 Å². The normalized spacial score (nSPS) is 12.3. The summed E-state index contributed by atoms with van der Waals surface area (Å²) in [5.41, 5.74) is 2.00. The first-order chi connectivity index (χ1) is 13.6. The summed E-state index contributed by atoms with van der Waals surface area (Å²) < 4.78 is 2.20. The van der Waals surface area contributed by atoms with Crippen molar-refractivity contribution in [2.24, 2.45) is 0 Å². The second kappa shape index (κ2) is 8.07. The molecule has 1 unspecified atom stereocenters. The van der Waals surface area contributed by atoms with Gasteiger partial charge >= 0.3 is 0 Å². The summed E-state index contributed by atoms with van der Waals surface area (Å²) in [5.74, 6) is 1.53. The zero-order valence-electron chi connectivity index (χ0n) is 15.3. The molecule has 0 spiro atoms. The maximum atomic E-state index is 12.6. The van der Waals surface area contributed by atoms with E-state index in [4.69, 9.17) is 12.2 Å². The highest BCUT2D eigenvalue weighted by atomic mass is 32.1. The number of hydrogen-bond acceptors (Lipinski definition) is 5. The summed E-state index contributed by atoms with van der Waals surface area (Å²) in [7, 11) is 0. The minimum atomic E-state index is -0.449. The van der Waals surface area contributed by atoms with E-state index >= 15 is 0 Å². The second-order valence-corrected chi connectivity index (χ2v) is 7.81. The summed E-state index contributed by atoms with van der Waals surface area (Å²) in [6.07, 6.45) is 1.57. The largest absolute Gasteiger partial charge is 0.354 e. The monoisotopic (exact) mass is 412 g/mol. The number of imidazole rings is 1. The Kier molecular flexibility index (Phi) is 5.36. The number of amides is 1. The molecule has 0 aliphatic carbocycles. The van der Waals surface area contributed by atoms with Crippen molar-refractivity contribution < 1.29 is 4.79 Å². The Bertz CT molecular complexity index is 1110. The predicted octanol–water partition coefficient (Wildman–Crippen LogP) is 3.86. The second-order valence-electron chi connectivity index (χ2n) is 6.47. The molecule has 1 atom stereocenters. The Morgan fingerprint density at radius 1 is 1.32 bits per heavy atom. The molecule has 144 valence electrons. The van der Waals surface area contributed by atoms with Crippen LogP contribution >= 0.6 is 23.6 Å². The maximum absolute atomic E-state index is 12.6. The van der Waals surface area contributed by atoms with Crippen LogP contribution in [0.5, 0.6) is 0 Å². The van der Waals surface area contributed by atoms with Crippen molar-refractivity contribution in [3.8, 4) is 10.7 Å². The lowest BCUT2D eigenvalue weighted by atomic mass is 10.2. The number of hydrogen-bond donors (Lipinski definition) is 3. The molecule has 3 aromatic heterocycles. The van der Waals surface area contributed by atoms with Gasteiger partial charge in [-0.25, -0.2) is 4.98 Å². The van der Waals surface area contributed by atoms with E-state index in [1.54, 1.807) is 15.9 Å². The third-order valence-corrected chi connectivity index (χ3v) is 5.69. The van der Waals surface area contributed by atoms with E-state index in [0.29, 0.717) is 17.1 Å². The first-order valence-electron chi connectivity index (χ1n) is 9.05. The topological polar surface area (TPSA) is 91.4 Å². The van der Waals surface area contributed by atoms with Crippen LogP contribution in [0.25, 0.3) is 21.7 Å². The van der Waals surface area contributed by atoms with Crippen LogP contribution in [0.3, 0.4) is 0 Å². The molecule has 0 aliphatic heterocycles. The number of nitrogens with one attached hydrogen (secondary N) is 3. The number of nitrogens with zero attached hydrogens (tertiary/aromatic N) is 3. The van der Waals surface area contributed by atoms with Crippen LogP contribution in [-0.4, -0.2) is 37.2 Å². The van der Waals surface area contributed by atoms with Crippen molar-refractivity contribution in [1.82, 2.24) is 30.0 Å². The lowest BCUT2D eigenvalue weighted by Gasteiger charge is -2.15. The molecule has 0 radical (unpaired) electrons. The SMILES string of the molecule is CC(C(=O)NCCCc1nc2ccccc2[nH]1)n1c(-c2cccs2)n[nH]c1=S. The Morgan fingerprint density at radius 3 is 2.96 bits per heavy atom. The summed E-state index contributed by atoms with van der Waals surface area (Å²) in [5, 5.41) is 12.0. The molecule has 4 aromatic rings. The fourth-order valence-electron chi connectivity index (χ4n) is 3.10. The van der Waals surface area contributed by atoms with E-state index in [1.807, 2.05) is 48.7 Å². The summed E-state index contributed by atoms with van der Waals surface area (Å²) in [4.78, 5) is 21.5. The summed E-state index contributed by atoms with van der Waals surface area (Å²) in [6, 6.07) is 11.4. The van der Waals surface area contributed by atoms with Crippen LogP contribution in [0.2, 0.25) is 0 Å². The minimum Gasteiger partial charge on any atom is -0.354 e. The fraction of sp³-hybridized carbons (Fsp3) is 0.263. The quantitative estimate of drug-likeness (QED) is 0.318. The number of aromatic nitrogens is 5. The van der Waals surface area contributed by atoms with Gasteiger partial charge in [0.1, 0.15) is 11.9 Å².